The minimum absolute atomic E-state index is 0.0446. The minimum atomic E-state index is -3.52. The molecule has 0 radical (unpaired) electrons. The second kappa shape index (κ2) is 8.83. The van der Waals surface area contributed by atoms with Gasteiger partial charge in [0, 0.05) is 36.0 Å². The maximum absolute atomic E-state index is 12.2. The monoisotopic (exact) mass is 448 g/mol. The molecule has 2 aliphatic rings. The Morgan fingerprint density at radius 2 is 2.00 bits per heavy atom. The van der Waals surface area contributed by atoms with Crippen LogP contribution in [0, 0.1) is 0 Å². The number of H-pyrrole nitrogens is 1. The number of carbonyl (C=O) groups is 1. The average molecular weight is 449 g/mol. The van der Waals surface area contributed by atoms with Crippen molar-refractivity contribution >= 4 is 27.8 Å². The van der Waals surface area contributed by atoms with Gasteiger partial charge in [0.25, 0.3) is 0 Å². The number of hydrogen-bond acceptors (Lipinski definition) is 7. The summed E-state index contributed by atoms with van der Waals surface area (Å²) in [5, 5.41) is 13.1. The van der Waals surface area contributed by atoms with Gasteiger partial charge < -0.3 is 15.4 Å². The summed E-state index contributed by atoms with van der Waals surface area (Å²) in [6, 6.07) is 5.14. The molecule has 0 aliphatic heterocycles. The normalized spacial score (nSPS) is 21.3. The van der Waals surface area contributed by atoms with Gasteiger partial charge >= 0.3 is 6.09 Å². The third kappa shape index (κ3) is 5.73. The van der Waals surface area contributed by atoms with Crippen LogP contribution in [0.2, 0.25) is 0 Å². The van der Waals surface area contributed by atoms with Crippen molar-refractivity contribution in [2.75, 3.05) is 5.32 Å². The van der Waals surface area contributed by atoms with Gasteiger partial charge in [-0.2, -0.15) is 5.10 Å². The third-order valence-corrected chi connectivity index (χ3v) is 6.81. The highest BCUT2D eigenvalue weighted by molar-refractivity contribution is 7.89. The molecule has 2 aliphatic carbocycles. The lowest BCUT2D eigenvalue weighted by Gasteiger charge is -2.14. The maximum Gasteiger partial charge on any atom is 0.407 e. The van der Waals surface area contributed by atoms with Crippen LogP contribution in [-0.4, -0.2) is 47.9 Å². The van der Waals surface area contributed by atoms with Crippen LogP contribution >= 0.6 is 0 Å². The van der Waals surface area contributed by atoms with Crippen molar-refractivity contribution in [1.29, 1.82) is 0 Å². The smallest absolute Gasteiger partial charge is 0.407 e. The summed E-state index contributed by atoms with van der Waals surface area (Å²) in [4.78, 5) is 16.1. The van der Waals surface area contributed by atoms with E-state index in [2.05, 4.69) is 30.5 Å². The first kappa shape index (κ1) is 21.6. The number of ether oxygens (including phenoxy) is 1. The Kier molecular flexibility index (Phi) is 6.15. The summed E-state index contributed by atoms with van der Waals surface area (Å²) in [6.07, 6.45) is 5.07. The average Bonchev–Trinajstić information content (AvgIpc) is 3.18. The Balaban J connectivity index is 1.31. The Labute approximate surface area is 181 Å². The van der Waals surface area contributed by atoms with Gasteiger partial charge in [0.2, 0.25) is 10.0 Å². The van der Waals surface area contributed by atoms with Crippen LogP contribution in [0.1, 0.15) is 57.6 Å². The van der Waals surface area contributed by atoms with Crippen molar-refractivity contribution in [2.45, 2.75) is 75.0 Å². The predicted molar refractivity (Wildman–Crippen MR) is 115 cm³/mol. The molecule has 2 atom stereocenters. The number of hydrogen-bond donors (Lipinski definition) is 4. The zero-order valence-corrected chi connectivity index (χ0v) is 18.4. The van der Waals surface area contributed by atoms with Crippen molar-refractivity contribution in [3.05, 3.63) is 30.1 Å². The molecule has 2 fully saturated rings. The topological polar surface area (TPSA) is 138 Å². The summed E-state index contributed by atoms with van der Waals surface area (Å²) in [5.74, 6) is 1.33. The molecular formula is C20H28N6O4S. The molecule has 2 unspecified atom stereocenters. The summed E-state index contributed by atoms with van der Waals surface area (Å²) >= 11 is 0. The van der Waals surface area contributed by atoms with Gasteiger partial charge in [-0.25, -0.2) is 22.9 Å². The number of amides is 1. The Hall–Kier alpha value is -2.66. The Morgan fingerprint density at radius 1 is 1.19 bits per heavy atom. The molecular weight excluding hydrogens is 420 g/mol. The van der Waals surface area contributed by atoms with Crippen molar-refractivity contribution < 1.29 is 17.9 Å². The fourth-order valence-corrected chi connectivity index (χ4v) is 4.84. The lowest BCUT2D eigenvalue weighted by Crippen LogP contribution is -2.33. The van der Waals surface area contributed by atoms with Gasteiger partial charge in [0.15, 0.2) is 5.82 Å². The highest BCUT2D eigenvalue weighted by Gasteiger charge is 2.30. The van der Waals surface area contributed by atoms with Crippen LogP contribution in [0.3, 0.4) is 0 Å². The van der Waals surface area contributed by atoms with Gasteiger partial charge in [0.05, 0.1) is 0 Å². The molecule has 1 amide bonds. The molecule has 168 valence electrons. The van der Waals surface area contributed by atoms with Crippen molar-refractivity contribution in [3.63, 3.8) is 0 Å². The standard InChI is InChI=1S/C20H28N6O4S/c1-12(2)22-20(27)30-15-6-3-13(9-15)17-10-19(25-24-17)23-18-8-7-16(11-21-18)31(28,29)26-14-4-5-14/h7-8,10-15,26H,3-6,9H2,1-2H3,(H,22,27)(H2,21,23,24,25). The highest BCUT2D eigenvalue weighted by Crippen LogP contribution is 2.36. The zero-order valence-electron chi connectivity index (χ0n) is 17.6. The number of nitrogens with zero attached hydrogens (tertiary/aromatic N) is 2. The van der Waals surface area contributed by atoms with Crippen molar-refractivity contribution in [1.82, 2.24) is 25.2 Å². The number of carbonyl (C=O) groups excluding carboxylic acids is 1. The lowest BCUT2D eigenvalue weighted by molar-refractivity contribution is 0.0981. The van der Waals surface area contributed by atoms with Gasteiger partial charge in [-0.15, -0.1) is 0 Å². The number of sulfonamides is 1. The number of nitrogens with one attached hydrogen (secondary N) is 4. The first-order valence-electron chi connectivity index (χ1n) is 10.6. The number of alkyl carbamates (subject to hydrolysis) is 1. The molecule has 0 bridgehead atoms. The predicted octanol–water partition coefficient (Wildman–Crippen LogP) is 2.76. The van der Waals surface area contributed by atoms with Crippen LogP contribution in [0.5, 0.6) is 0 Å². The molecule has 2 aromatic heterocycles. The van der Waals surface area contributed by atoms with Crippen LogP contribution in [0.15, 0.2) is 29.3 Å². The van der Waals surface area contributed by atoms with Crippen LogP contribution < -0.4 is 15.4 Å². The van der Waals surface area contributed by atoms with E-state index >= 15 is 0 Å². The molecule has 2 aromatic rings. The number of rotatable bonds is 8. The van der Waals surface area contributed by atoms with E-state index in [4.69, 9.17) is 4.74 Å². The number of aromatic amines is 1. The van der Waals surface area contributed by atoms with Crippen LogP contribution in [0.25, 0.3) is 0 Å². The van der Waals surface area contributed by atoms with E-state index in [1.165, 1.54) is 12.3 Å². The molecule has 4 rings (SSSR count). The molecule has 4 N–H and O–H groups in total. The molecule has 10 nitrogen and oxygen atoms in total. The van der Waals surface area contributed by atoms with Crippen molar-refractivity contribution in [3.8, 4) is 0 Å². The number of anilines is 2. The highest BCUT2D eigenvalue weighted by atomic mass is 32.2. The summed E-state index contributed by atoms with van der Waals surface area (Å²) in [7, 11) is -3.52. The van der Waals surface area contributed by atoms with Crippen molar-refractivity contribution in [2.24, 2.45) is 0 Å². The quantitative estimate of drug-likeness (QED) is 0.487. The van der Waals surface area contributed by atoms with Gasteiger partial charge in [-0.05, 0) is 58.1 Å². The number of pyridine rings is 1. The van der Waals surface area contributed by atoms with E-state index in [0.717, 1.165) is 37.8 Å². The van der Waals surface area contributed by atoms with E-state index < -0.39 is 10.0 Å². The molecule has 0 spiro atoms. The first-order chi connectivity index (χ1) is 14.8. The largest absolute Gasteiger partial charge is 0.446 e. The lowest BCUT2D eigenvalue weighted by atomic mass is 10.0. The Bertz CT molecular complexity index is 1020. The van der Waals surface area contributed by atoms with Gasteiger partial charge in [-0.3, -0.25) is 5.10 Å². The van der Waals surface area contributed by atoms with E-state index in [9.17, 15) is 13.2 Å². The number of aromatic nitrogens is 3. The summed E-state index contributed by atoms with van der Waals surface area (Å²) < 4.78 is 32.6. The zero-order chi connectivity index (χ0) is 22.0. The van der Waals surface area contributed by atoms with E-state index in [1.807, 2.05) is 19.9 Å². The minimum Gasteiger partial charge on any atom is -0.446 e. The van der Waals surface area contributed by atoms with Gasteiger partial charge in [0.1, 0.15) is 16.8 Å². The first-order valence-corrected chi connectivity index (χ1v) is 12.0. The molecule has 0 aromatic carbocycles. The molecule has 11 heteroatoms. The van der Waals surface area contributed by atoms with Crippen LogP contribution in [0.4, 0.5) is 16.4 Å². The van der Waals surface area contributed by atoms with E-state index in [0.29, 0.717) is 11.6 Å². The molecule has 2 saturated carbocycles. The molecule has 0 saturated heterocycles. The SMILES string of the molecule is CC(C)NC(=O)OC1CCC(c2cc(Nc3ccc(S(=O)(=O)NC4CC4)cn3)n[nH]2)C1. The van der Waals surface area contributed by atoms with Crippen LogP contribution in [-0.2, 0) is 14.8 Å². The van der Waals surface area contributed by atoms with Gasteiger partial charge in [-0.1, -0.05) is 0 Å². The van der Waals surface area contributed by atoms with E-state index in [1.54, 1.807) is 6.07 Å². The molecule has 2 heterocycles. The summed E-state index contributed by atoms with van der Waals surface area (Å²) in [5.41, 5.74) is 0.964. The second-order valence-electron chi connectivity index (χ2n) is 8.44. The third-order valence-electron chi connectivity index (χ3n) is 5.30. The fourth-order valence-electron chi connectivity index (χ4n) is 3.59. The van der Waals surface area contributed by atoms with E-state index in [-0.39, 0.29) is 35.1 Å². The Morgan fingerprint density at radius 3 is 2.68 bits per heavy atom. The maximum atomic E-state index is 12.2. The molecule has 31 heavy (non-hydrogen) atoms. The second-order valence-corrected chi connectivity index (χ2v) is 10.2. The fraction of sp³-hybridized carbons (Fsp3) is 0.550. The summed E-state index contributed by atoms with van der Waals surface area (Å²) in [6.45, 7) is 3.79.